The molecule has 1 heterocycles. The van der Waals surface area contributed by atoms with Crippen molar-refractivity contribution in [3.05, 3.63) is 0 Å². The third kappa shape index (κ3) is 2.95. The molecule has 0 aromatic carbocycles. The van der Waals surface area contributed by atoms with Gasteiger partial charge in [0.2, 0.25) is 11.8 Å². The summed E-state index contributed by atoms with van der Waals surface area (Å²) in [5.74, 6) is -0.0810. The summed E-state index contributed by atoms with van der Waals surface area (Å²) < 4.78 is 5.25. The number of carbonyl (C=O) groups is 2. The Kier molecular flexibility index (Phi) is 3.43. The molecule has 5 nitrogen and oxygen atoms in total. The summed E-state index contributed by atoms with van der Waals surface area (Å²) in [6.45, 7) is 0.627. The topological polar surface area (TPSA) is 81.4 Å². The van der Waals surface area contributed by atoms with Crippen LogP contribution in [0, 0.1) is 5.92 Å². The van der Waals surface area contributed by atoms with Crippen LogP contribution in [-0.4, -0.2) is 30.6 Å². The van der Waals surface area contributed by atoms with E-state index in [-0.39, 0.29) is 12.0 Å². The lowest BCUT2D eigenvalue weighted by Crippen LogP contribution is -2.48. The zero-order valence-corrected chi connectivity index (χ0v) is 9.28. The molecular weight excluding hydrogens is 208 g/mol. The molecule has 0 radical (unpaired) electrons. The molecule has 2 amide bonds. The van der Waals surface area contributed by atoms with E-state index in [1.807, 2.05) is 0 Å². The molecule has 2 atom stereocenters. The highest BCUT2D eigenvalue weighted by molar-refractivity contribution is 5.88. The second-order valence-corrected chi connectivity index (χ2v) is 4.64. The molecule has 2 aliphatic rings. The summed E-state index contributed by atoms with van der Waals surface area (Å²) in [6, 6.07) is -0.524. The minimum Gasteiger partial charge on any atom is -0.368 e. The lowest BCUT2D eigenvalue weighted by molar-refractivity contribution is -0.133. The van der Waals surface area contributed by atoms with Gasteiger partial charge in [-0.05, 0) is 25.2 Å². The van der Waals surface area contributed by atoms with Crippen molar-refractivity contribution in [1.29, 1.82) is 0 Å². The molecule has 3 N–H and O–H groups in total. The second-order valence-electron chi connectivity index (χ2n) is 4.64. The summed E-state index contributed by atoms with van der Waals surface area (Å²) in [5.41, 5.74) is 5.27. The van der Waals surface area contributed by atoms with Crippen LogP contribution in [-0.2, 0) is 14.3 Å². The largest absolute Gasteiger partial charge is 0.368 e. The van der Waals surface area contributed by atoms with E-state index in [4.69, 9.17) is 10.5 Å². The monoisotopic (exact) mass is 226 g/mol. The second kappa shape index (κ2) is 4.82. The molecule has 90 valence electrons. The average Bonchev–Trinajstić information content (AvgIpc) is 2.89. The molecular formula is C11H18N2O3. The number of nitrogens with two attached hydrogens (primary N) is 1. The van der Waals surface area contributed by atoms with Crippen molar-refractivity contribution < 1.29 is 14.3 Å². The van der Waals surface area contributed by atoms with E-state index in [1.165, 1.54) is 0 Å². The van der Waals surface area contributed by atoms with Crippen LogP contribution >= 0.6 is 0 Å². The maximum absolute atomic E-state index is 11.7. The smallest absolute Gasteiger partial charge is 0.249 e. The molecule has 0 spiro atoms. The van der Waals surface area contributed by atoms with Crippen molar-refractivity contribution in [3.8, 4) is 0 Å². The Labute approximate surface area is 94.7 Å². The summed E-state index contributed by atoms with van der Waals surface area (Å²) in [5, 5.41) is 2.69. The Bertz CT molecular complexity index is 283. The highest BCUT2D eigenvalue weighted by Gasteiger charge is 2.31. The van der Waals surface area contributed by atoms with Gasteiger partial charge in [-0.15, -0.1) is 0 Å². The predicted molar refractivity (Wildman–Crippen MR) is 57.4 cm³/mol. The van der Waals surface area contributed by atoms with E-state index in [1.54, 1.807) is 0 Å². The number of primary amides is 1. The first-order chi connectivity index (χ1) is 7.66. The first-order valence-electron chi connectivity index (χ1n) is 5.88. The van der Waals surface area contributed by atoms with Gasteiger partial charge < -0.3 is 15.8 Å². The van der Waals surface area contributed by atoms with Crippen molar-refractivity contribution in [2.75, 3.05) is 6.61 Å². The van der Waals surface area contributed by atoms with Gasteiger partial charge in [0.05, 0.1) is 0 Å². The van der Waals surface area contributed by atoms with Gasteiger partial charge in [-0.1, -0.05) is 12.8 Å². The standard InChI is InChI=1S/C11H18N2O3/c12-10(14)8(6-7-3-4-7)13-11(15)9-2-1-5-16-9/h7-9H,1-6H2,(H2,12,14)(H,13,15)/t8-,9-/m1/s1. The van der Waals surface area contributed by atoms with Gasteiger partial charge in [-0.2, -0.15) is 0 Å². The van der Waals surface area contributed by atoms with Crippen LogP contribution < -0.4 is 11.1 Å². The third-order valence-electron chi connectivity index (χ3n) is 3.15. The summed E-state index contributed by atoms with van der Waals surface area (Å²) in [7, 11) is 0. The van der Waals surface area contributed by atoms with E-state index < -0.39 is 11.9 Å². The van der Waals surface area contributed by atoms with Gasteiger partial charge in [0.25, 0.3) is 0 Å². The third-order valence-corrected chi connectivity index (χ3v) is 3.15. The fraction of sp³-hybridized carbons (Fsp3) is 0.818. The average molecular weight is 226 g/mol. The number of rotatable bonds is 5. The van der Waals surface area contributed by atoms with Gasteiger partial charge in [0.15, 0.2) is 0 Å². The molecule has 2 rings (SSSR count). The molecule has 1 saturated carbocycles. The number of nitrogens with one attached hydrogen (secondary N) is 1. The zero-order valence-electron chi connectivity index (χ0n) is 9.28. The maximum atomic E-state index is 11.7. The Balaban J connectivity index is 1.83. The molecule has 1 aliphatic carbocycles. The first kappa shape index (κ1) is 11.4. The lowest BCUT2D eigenvalue weighted by Gasteiger charge is -2.17. The molecule has 1 aliphatic heterocycles. The van der Waals surface area contributed by atoms with Crippen LogP contribution in [0.1, 0.15) is 32.1 Å². The molecule has 0 bridgehead atoms. The van der Waals surface area contributed by atoms with Crippen molar-refractivity contribution in [1.82, 2.24) is 5.32 Å². The molecule has 5 heteroatoms. The Morgan fingerprint density at radius 2 is 2.12 bits per heavy atom. The van der Waals surface area contributed by atoms with Gasteiger partial charge in [0.1, 0.15) is 12.1 Å². The van der Waals surface area contributed by atoms with E-state index in [2.05, 4.69) is 5.32 Å². The van der Waals surface area contributed by atoms with Crippen molar-refractivity contribution >= 4 is 11.8 Å². The van der Waals surface area contributed by atoms with Crippen molar-refractivity contribution in [2.24, 2.45) is 11.7 Å². The highest BCUT2D eigenvalue weighted by Crippen LogP contribution is 2.33. The number of hydrogen-bond acceptors (Lipinski definition) is 3. The predicted octanol–water partition coefficient (Wildman–Crippen LogP) is -0.0644. The highest BCUT2D eigenvalue weighted by atomic mass is 16.5. The van der Waals surface area contributed by atoms with Crippen molar-refractivity contribution in [2.45, 2.75) is 44.2 Å². The Hall–Kier alpha value is -1.10. The normalized spacial score (nSPS) is 26.4. The van der Waals surface area contributed by atoms with Crippen LogP contribution in [0.25, 0.3) is 0 Å². The van der Waals surface area contributed by atoms with Crippen LogP contribution in [0.3, 0.4) is 0 Å². The van der Waals surface area contributed by atoms with E-state index in [9.17, 15) is 9.59 Å². The van der Waals surface area contributed by atoms with E-state index in [0.29, 0.717) is 18.9 Å². The Morgan fingerprint density at radius 1 is 1.38 bits per heavy atom. The van der Waals surface area contributed by atoms with Crippen LogP contribution in [0.5, 0.6) is 0 Å². The maximum Gasteiger partial charge on any atom is 0.249 e. The molecule has 2 fully saturated rings. The zero-order chi connectivity index (χ0) is 11.5. The fourth-order valence-corrected chi connectivity index (χ4v) is 1.98. The SMILES string of the molecule is NC(=O)[C@@H](CC1CC1)NC(=O)[C@H]1CCCO1. The quantitative estimate of drug-likeness (QED) is 0.688. The molecule has 0 aromatic heterocycles. The summed E-state index contributed by atoms with van der Waals surface area (Å²) in [6.07, 6.45) is 4.20. The number of carbonyl (C=O) groups excluding carboxylic acids is 2. The van der Waals surface area contributed by atoms with Gasteiger partial charge >= 0.3 is 0 Å². The van der Waals surface area contributed by atoms with Gasteiger partial charge in [0, 0.05) is 6.61 Å². The van der Waals surface area contributed by atoms with Crippen LogP contribution in [0.2, 0.25) is 0 Å². The Morgan fingerprint density at radius 3 is 2.62 bits per heavy atom. The van der Waals surface area contributed by atoms with Gasteiger partial charge in [-0.25, -0.2) is 0 Å². The van der Waals surface area contributed by atoms with Crippen molar-refractivity contribution in [3.63, 3.8) is 0 Å². The molecule has 0 aromatic rings. The van der Waals surface area contributed by atoms with E-state index >= 15 is 0 Å². The lowest BCUT2D eigenvalue weighted by atomic mass is 10.1. The molecule has 0 unspecified atom stereocenters. The minimum absolute atomic E-state index is 0.193. The number of hydrogen-bond donors (Lipinski definition) is 2. The summed E-state index contributed by atoms with van der Waals surface area (Å²) >= 11 is 0. The summed E-state index contributed by atoms with van der Waals surface area (Å²) in [4.78, 5) is 22.9. The first-order valence-corrected chi connectivity index (χ1v) is 5.88. The number of amides is 2. The number of ether oxygens (including phenoxy) is 1. The van der Waals surface area contributed by atoms with Crippen LogP contribution in [0.4, 0.5) is 0 Å². The van der Waals surface area contributed by atoms with Gasteiger partial charge in [-0.3, -0.25) is 9.59 Å². The van der Waals surface area contributed by atoms with E-state index in [0.717, 1.165) is 25.7 Å². The van der Waals surface area contributed by atoms with Crippen LogP contribution in [0.15, 0.2) is 0 Å². The fourth-order valence-electron chi connectivity index (χ4n) is 1.98. The minimum atomic E-state index is -0.524. The molecule has 16 heavy (non-hydrogen) atoms. The molecule has 1 saturated heterocycles.